The highest BCUT2D eigenvalue weighted by Crippen LogP contribution is 2.31. The maximum atomic E-state index is 13.0. The van der Waals surface area contributed by atoms with E-state index in [0.717, 1.165) is 17.0 Å². The second-order valence-corrected chi connectivity index (χ2v) is 9.11. The molecule has 0 saturated heterocycles. The Hall–Kier alpha value is -2.78. The van der Waals surface area contributed by atoms with Crippen molar-refractivity contribution in [3.05, 3.63) is 53.1 Å². The highest BCUT2D eigenvalue weighted by atomic mass is 35.5. The van der Waals surface area contributed by atoms with Gasteiger partial charge in [0.15, 0.2) is 0 Å². The summed E-state index contributed by atoms with van der Waals surface area (Å²) in [6.07, 6.45) is 1.77. The van der Waals surface area contributed by atoms with E-state index in [1.165, 1.54) is 32.2 Å². The first kappa shape index (κ1) is 24.5. The highest BCUT2D eigenvalue weighted by molar-refractivity contribution is 7.92. The first-order valence-corrected chi connectivity index (χ1v) is 11.8. The van der Waals surface area contributed by atoms with Gasteiger partial charge in [-0.3, -0.25) is 13.9 Å². The predicted molar refractivity (Wildman–Crippen MR) is 122 cm³/mol. The van der Waals surface area contributed by atoms with Gasteiger partial charge in [-0.15, -0.1) is 0 Å². The van der Waals surface area contributed by atoms with Crippen LogP contribution in [-0.4, -0.2) is 46.2 Å². The first-order chi connectivity index (χ1) is 14.6. The average molecular weight is 468 g/mol. The van der Waals surface area contributed by atoms with Crippen LogP contribution >= 0.6 is 11.6 Å². The van der Waals surface area contributed by atoms with Gasteiger partial charge in [0.25, 0.3) is 5.91 Å². The molecular formula is C21H26ClN3O5S. The molecule has 0 aliphatic heterocycles. The molecule has 168 valence electrons. The number of benzene rings is 2. The molecule has 0 spiro atoms. The van der Waals surface area contributed by atoms with Crippen molar-refractivity contribution < 1.29 is 22.7 Å². The summed E-state index contributed by atoms with van der Waals surface area (Å²) in [5, 5.41) is 5.63. The lowest BCUT2D eigenvalue weighted by molar-refractivity contribution is -0.116. The first-order valence-electron chi connectivity index (χ1n) is 9.61. The number of nitrogens with one attached hydrogen (secondary N) is 2. The Balaban J connectivity index is 2.34. The van der Waals surface area contributed by atoms with E-state index in [4.69, 9.17) is 16.3 Å². The van der Waals surface area contributed by atoms with E-state index < -0.39 is 22.0 Å². The molecule has 1 atom stereocenters. The maximum absolute atomic E-state index is 13.0. The number of hydrogen-bond donors (Lipinski definition) is 2. The van der Waals surface area contributed by atoms with Gasteiger partial charge in [-0.05, 0) is 43.7 Å². The summed E-state index contributed by atoms with van der Waals surface area (Å²) in [5.74, 6) is -0.552. The third-order valence-electron chi connectivity index (χ3n) is 4.44. The van der Waals surface area contributed by atoms with Crippen molar-refractivity contribution in [1.29, 1.82) is 0 Å². The molecule has 0 heterocycles. The van der Waals surface area contributed by atoms with E-state index >= 15 is 0 Å². The molecule has 0 aliphatic carbocycles. The largest absolute Gasteiger partial charge is 0.495 e. The standard InChI is InChI=1S/C21H26ClN3O5S/c1-5-12-23-21(27)16-8-6-7-9-18(16)24-20(26)14(2)25(31(4,28)29)15-10-11-19(30-3)17(22)13-15/h6-11,13-14H,5,12H2,1-4H3,(H,23,27)(H,24,26)/t14-/m1/s1. The molecule has 0 bridgehead atoms. The van der Waals surface area contributed by atoms with Crippen molar-refractivity contribution in [3.63, 3.8) is 0 Å². The molecule has 0 radical (unpaired) electrons. The zero-order valence-corrected chi connectivity index (χ0v) is 19.4. The number of ether oxygens (including phenoxy) is 1. The van der Waals surface area contributed by atoms with Crippen LogP contribution in [0.5, 0.6) is 5.75 Å². The fourth-order valence-electron chi connectivity index (χ4n) is 2.96. The summed E-state index contributed by atoms with van der Waals surface area (Å²) < 4.78 is 31.1. The maximum Gasteiger partial charge on any atom is 0.253 e. The topological polar surface area (TPSA) is 105 Å². The number of carbonyl (C=O) groups excluding carboxylic acids is 2. The Morgan fingerprint density at radius 3 is 2.45 bits per heavy atom. The van der Waals surface area contributed by atoms with Gasteiger partial charge < -0.3 is 15.4 Å². The lowest BCUT2D eigenvalue weighted by atomic mass is 10.1. The number of anilines is 2. The molecule has 2 aromatic rings. The smallest absolute Gasteiger partial charge is 0.253 e. The number of methoxy groups -OCH3 is 1. The SMILES string of the molecule is CCCNC(=O)c1ccccc1NC(=O)[C@@H](C)N(c1ccc(OC)c(Cl)c1)S(C)(=O)=O. The van der Waals surface area contributed by atoms with Crippen molar-refractivity contribution in [1.82, 2.24) is 5.32 Å². The van der Waals surface area contributed by atoms with Gasteiger partial charge in [0.1, 0.15) is 11.8 Å². The van der Waals surface area contributed by atoms with Crippen molar-refractivity contribution in [2.45, 2.75) is 26.3 Å². The van der Waals surface area contributed by atoms with Crippen LogP contribution in [0.2, 0.25) is 5.02 Å². The van der Waals surface area contributed by atoms with E-state index in [2.05, 4.69) is 10.6 Å². The third-order valence-corrected chi connectivity index (χ3v) is 5.98. The summed E-state index contributed by atoms with van der Waals surface area (Å²) in [4.78, 5) is 25.4. The molecule has 0 aliphatic rings. The number of rotatable bonds is 9. The minimum absolute atomic E-state index is 0.208. The highest BCUT2D eigenvalue weighted by Gasteiger charge is 2.30. The lowest BCUT2D eigenvalue weighted by Gasteiger charge is -2.28. The van der Waals surface area contributed by atoms with Gasteiger partial charge >= 0.3 is 0 Å². The van der Waals surface area contributed by atoms with Gasteiger partial charge in [0, 0.05) is 6.54 Å². The van der Waals surface area contributed by atoms with Crippen molar-refractivity contribution in [2.75, 3.05) is 29.5 Å². The number of hydrogen-bond acceptors (Lipinski definition) is 5. The van der Waals surface area contributed by atoms with Gasteiger partial charge in [0.2, 0.25) is 15.9 Å². The molecule has 2 rings (SSSR count). The molecule has 10 heteroatoms. The van der Waals surface area contributed by atoms with Crippen LogP contribution in [0.25, 0.3) is 0 Å². The van der Waals surface area contributed by atoms with E-state index in [0.29, 0.717) is 12.3 Å². The number of nitrogens with zero attached hydrogens (tertiary/aromatic N) is 1. The molecule has 0 saturated carbocycles. The second kappa shape index (κ2) is 10.5. The van der Waals surface area contributed by atoms with E-state index in [-0.39, 0.29) is 27.9 Å². The quantitative estimate of drug-likeness (QED) is 0.588. The van der Waals surface area contributed by atoms with Gasteiger partial charge in [-0.1, -0.05) is 30.7 Å². The van der Waals surface area contributed by atoms with Gasteiger partial charge in [0.05, 0.1) is 35.3 Å². The molecule has 2 aromatic carbocycles. The Kier molecular flexibility index (Phi) is 8.29. The summed E-state index contributed by atoms with van der Waals surface area (Å²) in [5.41, 5.74) is 0.786. The Bertz CT molecular complexity index is 1060. The number of sulfonamides is 1. The zero-order valence-electron chi connectivity index (χ0n) is 17.8. The molecule has 31 heavy (non-hydrogen) atoms. The van der Waals surface area contributed by atoms with Crippen LogP contribution in [0, 0.1) is 0 Å². The summed E-state index contributed by atoms with van der Waals surface area (Å²) in [7, 11) is -2.39. The summed E-state index contributed by atoms with van der Waals surface area (Å²) in [6.45, 7) is 3.88. The average Bonchev–Trinajstić information content (AvgIpc) is 2.71. The number of para-hydroxylation sites is 1. The fourth-order valence-corrected chi connectivity index (χ4v) is 4.38. The lowest BCUT2D eigenvalue weighted by Crippen LogP contribution is -2.45. The van der Waals surface area contributed by atoms with Crippen molar-refractivity contribution >= 4 is 44.8 Å². The van der Waals surface area contributed by atoms with E-state index in [9.17, 15) is 18.0 Å². The van der Waals surface area contributed by atoms with E-state index in [1.807, 2.05) is 6.92 Å². The Morgan fingerprint density at radius 1 is 1.19 bits per heavy atom. The molecule has 2 amide bonds. The fraction of sp³-hybridized carbons (Fsp3) is 0.333. The van der Waals surface area contributed by atoms with E-state index in [1.54, 1.807) is 24.3 Å². The predicted octanol–water partition coefficient (Wildman–Crippen LogP) is 3.28. The minimum atomic E-state index is -3.84. The Morgan fingerprint density at radius 2 is 1.87 bits per heavy atom. The van der Waals surface area contributed by atoms with Gasteiger partial charge in [-0.2, -0.15) is 0 Å². The zero-order chi connectivity index (χ0) is 23.2. The van der Waals surface area contributed by atoms with Crippen LogP contribution < -0.4 is 19.7 Å². The second-order valence-electron chi connectivity index (χ2n) is 6.84. The van der Waals surface area contributed by atoms with Crippen molar-refractivity contribution in [2.24, 2.45) is 0 Å². The molecule has 2 N–H and O–H groups in total. The molecule has 0 fully saturated rings. The van der Waals surface area contributed by atoms with Crippen LogP contribution in [0.4, 0.5) is 11.4 Å². The third kappa shape index (κ3) is 6.11. The molecular weight excluding hydrogens is 442 g/mol. The molecule has 8 nitrogen and oxygen atoms in total. The van der Waals surface area contributed by atoms with Crippen LogP contribution in [0.3, 0.4) is 0 Å². The number of amides is 2. The van der Waals surface area contributed by atoms with Crippen LogP contribution in [-0.2, 0) is 14.8 Å². The summed E-state index contributed by atoms with van der Waals surface area (Å²) in [6, 6.07) is 9.85. The van der Waals surface area contributed by atoms with Crippen LogP contribution in [0.1, 0.15) is 30.6 Å². The Labute approximate surface area is 187 Å². The van der Waals surface area contributed by atoms with Gasteiger partial charge in [-0.25, -0.2) is 8.42 Å². The number of carbonyl (C=O) groups is 2. The number of halogens is 1. The van der Waals surface area contributed by atoms with Crippen molar-refractivity contribution in [3.8, 4) is 5.75 Å². The monoisotopic (exact) mass is 467 g/mol. The van der Waals surface area contributed by atoms with Crippen LogP contribution in [0.15, 0.2) is 42.5 Å². The summed E-state index contributed by atoms with van der Waals surface area (Å²) >= 11 is 6.14. The molecule has 0 unspecified atom stereocenters. The minimum Gasteiger partial charge on any atom is -0.495 e. The molecule has 0 aromatic heterocycles. The normalized spacial score (nSPS) is 12.0.